The van der Waals surface area contributed by atoms with Crippen LogP contribution in [0.15, 0.2) is 102 Å². The zero-order chi connectivity index (χ0) is 23.1. The quantitative estimate of drug-likeness (QED) is 0.174. The van der Waals surface area contributed by atoms with E-state index in [0.717, 1.165) is 16.7 Å². The summed E-state index contributed by atoms with van der Waals surface area (Å²) in [6.45, 7) is 1.92. The van der Waals surface area contributed by atoms with Gasteiger partial charge >= 0.3 is 5.97 Å². The van der Waals surface area contributed by atoms with E-state index in [1.165, 1.54) is 11.3 Å². The van der Waals surface area contributed by atoms with E-state index < -0.39 is 11.6 Å². The molecular formula is C26H23N3O3S. The number of hydrogen-bond donors (Lipinski definition) is 1. The third kappa shape index (κ3) is 4.63. The number of nitrogens with zero attached hydrogens (tertiary/aromatic N) is 2. The van der Waals surface area contributed by atoms with Gasteiger partial charge in [-0.05, 0) is 6.92 Å². The Labute approximate surface area is 196 Å². The summed E-state index contributed by atoms with van der Waals surface area (Å²) in [6, 6.07) is 29.3. The highest BCUT2D eigenvalue weighted by Crippen LogP contribution is 2.40. The minimum atomic E-state index is -1.12. The van der Waals surface area contributed by atoms with E-state index in [4.69, 9.17) is 15.3 Å². The van der Waals surface area contributed by atoms with Crippen LogP contribution in [0.3, 0.4) is 0 Å². The van der Waals surface area contributed by atoms with Crippen molar-refractivity contribution in [1.82, 2.24) is 4.98 Å². The van der Waals surface area contributed by atoms with E-state index >= 15 is 0 Å². The molecule has 0 saturated carbocycles. The van der Waals surface area contributed by atoms with Crippen molar-refractivity contribution >= 4 is 28.1 Å². The number of aromatic nitrogens is 1. The van der Waals surface area contributed by atoms with Crippen LogP contribution in [-0.2, 0) is 20.0 Å². The van der Waals surface area contributed by atoms with Crippen LogP contribution in [0.5, 0.6) is 0 Å². The minimum Gasteiger partial charge on any atom is -0.461 e. The van der Waals surface area contributed by atoms with Crippen molar-refractivity contribution in [2.45, 2.75) is 12.5 Å². The average molecular weight is 458 g/mol. The molecule has 0 radical (unpaired) electrons. The van der Waals surface area contributed by atoms with Crippen LogP contribution in [0.25, 0.3) is 0 Å². The van der Waals surface area contributed by atoms with Crippen LogP contribution in [-0.4, -0.2) is 23.3 Å². The highest BCUT2D eigenvalue weighted by Gasteiger charge is 2.40. The molecule has 2 N–H and O–H groups in total. The molecule has 0 bridgehead atoms. The topological polar surface area (TPSA) is 86.8 Å². The van der Waals surface area contributed by atoms with Crippen molar-refractivity contribution in [2.24, 2.45) is 5.16 Å². The minimum absolute atomic E-state index is 0.0445. The van der Waals surface area contributed by atoms with Crippen LogP contribution in [0.1, 0.15) is 29.3 Å². The van der Waals surface area contributed by atoms with Crippen LogP contribution >= 0.6 is 11.3 Å². The molecule has 6 nitrogen and oxygen atoms in total. The number of nitrogens with two attached hydrogens (primary N) is 1. The van der Waals surface area contributed by atoms with Crippen molar-refractivity contribution in [3.05, 3.63) is 119 Å². The van der Waals surface area contributed by atoms with E-state index in [9.17, 15) is 4.79 Å². The largest absolute Gasteiger partial charge is 0.461 e. The molecule has 0 aliphatic rings. The van der Waals surface area contributed by atoms with Gasteiger partial charge in [-0.25, -0.2) is 9.78 Å². The summed E-state index contributed by atoms with van der Waals surface area (Å²) >= 11 is 1.21. The summed E-state index contributed by atoms with van der Waals surface area (Å²) in [5.41, 5.74) is 7.50. The second-order valence-corrected chi connectivity index (χ2v) is 7.99. The van der Waals surface area contributed by atoms with Crippen molar-refractivity contribution in [2.75, 3.05) is 12.3 Å². The molecule has 0 fully saturated rings. The van der Waals surface area contributed by atoms with Gasteiger partial charge in [0.25, 0.3) is 0 Å². The third-order valence-electron chi connectivity index (χ3n) is 5.05. The van der Waals surface area contributed by atoms with Crippen molar-refractivity contribution in [3.63, 3.8) is 0 Å². The van der Waals surface area contributed by atoms with Crippen molar-refractivity contribution in [3.8, 4) is 0 Å². The van der Waals surface area contributed by atoms with Gasteiger partial charge in [0.15, 0.2) is 5.13 Å². The highest BCUT2D eigenvalue weighted by molar-refractivity contribution is 7.13. The van der Waals surface area contributed by atoms with Gasteiger partial charge in [0.1, 0.15) is 5.69 Å². The number of anilines is 1. The van der Waals surface area contributed by atoms with Gasteiger partial charge in [-0.3, -0.25) is 0 Å². The zero-order valence-corrected chi connectivity index (χ0v) is 18.9. The molecule has 4 rings (SSSR count). The van der Waals surface area contributed by atoms with Crippen LogP contribution in [0.2, 0.25) is 0 Å². The number of thiazole rings is 1. The molecule has 0 unspecified atom stereocenters. The highest BCUT2D eigenvalue weighted by atomic mass is 32.1. The maximum Gasteiger partial charge on any atom is 0.362 e. The fourth-order valence-electron chi connectivity index (χ4n) is 3.58. The first-order valence-corrected chi connectivity index (χ1v) is 11.3. The molecule has 0 amide bonds. The van der Waals surface area contributed by atoms with E-state index in [1.807, 2.05) is 91.0 Å². The van der Waals surface area contributed by atoms with Crippen LogP contribution in [0.4, 0.5) is 5.13 Å². The van der Waals surface area contributed by atoms with Crippen molar-refractivity contribution in [1.29, 1.82) is 0 Å². The van der Waals surface area contributed by atoms with Crippen LogP contribution in [0, 0.1) is 0 Å². The number of rotatable bonds is 8. The SMILES string of the molecule is CCOC(=O)/C(=N/OC(c1ccccc1)(c1ccccc1)c1ccccc1)c1csc(N)n1. The Kier molecular flexibility index (Phi) is 6.80. The number of nitrogen functional groups attached to an aromatic ring is 1. The summed E-state index contributed by atoms with van der Waals surface area (Å²) in [4.78, 5) is 23.4. The van der Waals surface area contributed by atoms with Gasteiger partial charge in [-0.1, -0.05) is 96.2 Å². The van der Waals surface area contributed by atoms with E-state index in [0.29, 0.717) is 10.8 Å². The standard InChI is InChI=1S/C26H23N3O3S/c1-2-31-24(30)23(22-18-33-25(27)28-22)29-32-26(19-12-6-3-7-13-19,20-14-8-4-9-15-20)21-16-10-5-11-17-21/h3-18H,2H2,1H3,(H2,27,28)/b29-23+. The lowest BCUT2D eigenvalue weighted by Crippen LogP contribution is -2.32. The lowest BCUT2D eigenvalue weighted by Gasteiger charge is -2.33. The molecule has 4 aromatic rings. The summed E-state index contributed by atoms with van der Waals surface area (Å²) in [5, 5.41) is 6.34. The molecule has 0 aliphatic carbocycles. The van der Waals surface area contributed by atoms with E-state index in [-0.39, 0.29) is 12.3 Å². The average Bonchev–Trinajstić information content (AvgIpc) is 3.29. The van der Waals surface area contributed by atoms with Gasteiger partial charge in [-0.15, -0.1) is 11.3 Å². The summed E-state index contributed by atoms with van der Waals surface area (Å²) in [5.74, 6) is -0.633. The Balaban J connectivity index is 1.93. The van der Waals surface area contributed by atoms with Gasteiger partial charge in [0, 0.05) is 22.1 Å². The molecule has 0 aliphatic heterocycles. The Hall–Kier alpha value is -3.97. The van der Waals surface area contributed by atoms with Gasteiger partial charge in [0.2, 0.25) is 11.3 Å². The second kappa shape index (κ2) is 10.1. The monoisotopic (exact) mass is 457 g/mol. The number of carbonyl (C=O) groups excluding carboxylic acids is 1. The third-order valence-corrected chi connectivity index (χ3v) is 5.72. The Morgan fingerprint density at radius 2 is 1.39 bits per heavy atom. The summed E-state index contributed by atoms with van der Waals surface area (Å²) < 4.78 is 5.22. The number of benzene rings is 3. The molecule has 7 heteroatoms. The Morgan fingerprint density at radius 3 is 1.79 bits per heavy atom. The summed E-state index contributed by atoms with van der Waals surface area (Å²) in [6.07, 6.45) is 0. The van der Waals surface area contributed by atoms with Crippen molar-refractivity contribution < 1.29 is 14.4 Å². The number of esters is 1. The second-order valence-electron chi connectivity index (χ2n) is 7.10. The lowest BCUT2D eigenvalue weighted by molar-refractivity contribution is -0.135. The first kappa shape index (κ1) is 22.2. The van der Waals surface area contributed by atoms with E-state index in [1.54, 1.807) is 12.3 Å². The molecule has 0 saturated heterocycles. The molecule has 1 aromatic heterocycles. The number of hydrogen-bond acceptors (Lipinski definition) is 7. The number of carbonyl (C=O) groups is 1. The molecule has 1 heterocycles. The molecule has 0 atom stereocenters. The number of oxime groups is 1. The van der Waals surface area contributed by atoms with E-state index in [2.05, 4.69) is 10.1 Å². The lowest BCUT2D eigenvalue weighted by atomic mass is 9.80. The Morgan fingerprint density at radius 1 is 0.909 bits per heavy atom. The molecule has 3 aromatic carbocycles. The summed E-state index contributed by atoms with van der Waals surface area (Å²) in [7, 11) is 0. The van der Waals surface area contributed by atoms with Gasteiger partial charge in [-0.2, -0.15) is 0 Å². The van der Waals surface area contributed by atoms with Gasteiger partial charge < -0.3 is 15.3 Å². The first-order chi connectivity index (χ1) is 16.1. The predicted octanol–water partition coefficient (Wildman–Crippen LogP) is 5.00. The first-order valence-electron chi connectivity index (χ1n) is 10.5. The van der Waals surface area contributed by atoms with Crippen LogP contribution < -0.4 is 5.73 Å². The van der Waals surface area contributed by atoms with Gasteiger partial charge in [0.05, 0.1) is 6.61 Å². The maximum atomic E-state index is 12.8. The zero-order valence-electron chi connectivity index (χ0n) is 18.0. The normalized spacial score (nSPS) is 11.7. The Bertz CT molecular complexity index is 1130. The predicted molar refractivity (Wildman–Crippen MR) is 130 cm³/mol. The molecular weight excluding hydrogens is 434 g/mol. The smallest absolute Gasteiger partial charge is 0.362 e. The molecule has 33 heavy (non-hydrogen) atoms. The fraction of sp³-hybridized carbons (Fsp3) is 0.115. The maximum absolute atomic E-state index is 12.8. The molecule has 0 spiro atoms. The molecule has 166 valence electrons. The fourth-order valence-corrected chi connectivity index (χ4v) is 4.12. The number of ether oxygens (including phenoxy) is 1.